The van der Waals surface area contributed by atoms with Gasteiger partial charge in [0.2, 0.25) is 5.91 Å². The molecule has 142 valence electrons. The van der Waals surface area contributed by atoms with Crippen molar-refractivity contribution in [2.45, 2.75) is 39.8 Å². The first-order chi connectivity index (χ1) is 13.2. The number of fused-ring (bicyclic) bond motifs is 1. The summed E-state index contributed by atoms with van der Waals surface area (Å²) in [5.41, 5.74) is 4.38. The van der Waals surface area contributed by atoms with Crippen molar-refractivity contribution in [3.05, 3.63) is 65.5 Å². The van der Waals surface area contributed by atoms with E-state index in [0.717, 1.165) is 42.1 Å². The molecule has 1 amide bonds. The van der Waals surface area contributed by atoms with Gasteiger partial charge in [0.05, 0.1) is 11.0 Å². The number of aromatic nitrogens is 2. The summed E-state index contributed by atoms with van der Waals surface area (Å²) in [6.07, 6.45) is 1.04. The van der Waals surface area contributed by atoms with Crippen molar-refractivity contribution >= 4 is 16.9 Å². The zero-order valence-corrected chi connectivity index (χ0v) is 16.2. The number of rotatable bonds is 9. The minimum atomic E-state index is 0.0441. The van der Waals surface area contributed by atoms with Crippen LogP contribution >= 0.6 is 0 Å². The molecule has 2 N–H and O–H groups in total. The third-order valence-electron chi connectivity index (χ3n) is 4.84. The molecule has 0 fully saturated rings. The lowest BCUT2D eigenvalue weighted by atomic mass is 10.1. The zero-order valence-electron chi connectivity index (χ0n) is 16.2. The van der Waals surface area contributed by atoms with E-state index >= 15 is 0 Å². The summed E-state index contributed by atoms with van der Waals surface area (Å²) >= 11 is 0. The van der Waals surface area contributed by atoms with Crippen molar-refractivity contribution in [3.63, 3.8) is 0 Å². The quantitative estimate of drug-likeness (QED) is 0.609. The van der Waals surface area contributed by atoms with Crippen molar-refractivity contribution in [2.75, 3.05) is 13.1 Å². The second-order valence-corrected chi connectivity index (χ2v) is 6.76. The monoisotopic (exact) mass is 364 g/mol. The summed E-state index contributed by atoms with van der Waals surface area (Å²) in [5.74, 6) is 0.898. The van der Waals surface area contributed by atoms with Crippen molar-refractivity contribution in [1.82, 2.24) is 20.2 Å². The first kappa shape index (κ1) is 19.1. The Morgan fingerprint density at radius 2 is 1.74 bits per heavy atom. The lowest BCUT2D eigenvalue weighted by Gasteiger charge is -2.18. The standard InChI is InChI=1S/C22H28N4O/c1-3-26(4-2)16-18-11-9-17(10-12-18)15-23-22(27)14-13-21-24-19-7-5-6-8-20(19)25-21/h5-12H,3-4,13-16H2,1-2H3,(H,23,27)(H,24,25). The maximum Gasteiger partial charge on any atom is 0.220 e. The second kappa shape index (κ2) is 9.33. The molecule has 3 aromatic rings. The Balaban J connectivity index is 1.44. The summed E-state index contributed by atoms with van der Waals surface area (Å²) in [6.45, 7) is 8.00. The van der Waals surface area contributed by atoms with Gasteiger partial charge < -0.3 is 10.3 Å². The van der Waals surface area contributed by atoms with E-state index in [0.29, 0.717) is 19.4 Å². The number of hydrogen-bond acceptors (Lipinski definition) is 3. The molecule has 3 rings (SSSR count). The van der Waals surface area contributed by atoms with Crippen molar-refractivity contribution in [1.29, 1.82) is 0 Å². The van der Waals surface area contributed by atoms with E-state index in [1.807, 2.05) is 24.3 Å². The Labute approximate surface area is 160 Å². The number of carbonyl (C=O) groups is 1. The number of aryl methyl sites for hydroxylation is 1. The van der Waals surface area contributed by atoms with Crippen molar-refractivity contribution < 1.29 is 4.79 Å². The van der Waals surface area contributed by atoms with E-state index in [2.05, 4.69) is 58.3 Å². The van der Waals surface area contributed by atoms with Crippen LogP contribution in [0.15, 0.2) is 48.5 Å². The molecular formula is C22H28N4O. The van der Waals surface area contributed by atoms with Crippen LogP contribution in [0.25, 0.3) is 11.0 Å². The van der Waals surface area contributed by atoms with Gasteiger partial charge in [0, 0.05) is 25.9 Å². The van der Waals surface area contributed by atoms with Crippen LogP contribution < -0.4 is 5.32 Å². The van der Waals surface area contributed by atoms with Crippen LogP contribution in [0.2, 0.25) is 0 Å². The number of nitrogens with one attached hydrogen (secondary N) is 2. The highest BCUT2D eigenvalue weighted by Crippen LogP contribution is 2.11. The molecule has 27 heavy (non-hydrogen) atoms. The molecule has 0 aliphatic carbocycles. The van der Waals surface area contributed by atoms with Crippen LogP contribution in [0.4, 0.5) is 0 Å². The minimum absolute atomic E-state index is 0.0441. The third-order valence-corrected chi connectivity index (χ3v) is 4.84. The average molecular weight is 364 g/mol. The van der Waals surface area contributed by atoms with Gasteiger partial charge in [-0.25, -0.2) is 4.98 Å². The summed E-state index contributed by atoms with van der Waals surface area (Å²) in [6, 6.07) is 16.4. The topological polar surface area (TPSA) is 61.0 Å². The van der Waals surface area contributed by atoms with Crippen molar-refractivity contribution in [3.8, 4) is 0 Å². The fraction of sp³-hybridized carbons (Fsp3) is 0.364. The number of imidazole rings is 1. The normalized spacial score (nSPS) is 11.2. The van der Waals surface area contributed by atoms with Gasteiger partial charge in [0.1, 0.15) is 5.82 Å². The van der Waals surface area contributed by atoms with Crippen LogP contribution in [0.5, 0.6) is 0 Å². The molecule has 0 atom stereocenters. The highest BCUT2D eigenvalue weighted by Gasteiger charge is 2.07. The predicted octanol–water partition coefficient (Wildman–Crippen LogP) is 3.65. The number of H-pyrrole nitrogens is 1. The molecule has 2 aromatic carbocycles. The fourth-order valence-electron chi connectivity index (χ4n) is 3.11. The molecular weight excluding hydrogens is 336 g/mol. The van der Waals surface area contributed by atoms with Crippen LogP contribution in [-0.4, -0.2) is 33.9 Å². The maximum absolute atomic E-state index is 12.1. The zero-order chi connectivity index (χ0) is 19.1. The Morgan fingerprint density at radius 3 is 2.44 bits per heavy atom. The van der Waals surface area contributed by atoms with Crippen LogP contribution in [-0.2, 0) is 24.3 Å². The van der Waals surface area contributed by atoms with Crippen molar-refractivity contribution in [2.24, 2.45) is 0 Å². The Kier molecular flexibility index (Phi) is 6.60. The van der Waals surface area contributed by atoms with Gasteiger partial charge in [-0.15, -0.1) is 0 Å². The van der Waals surface area contributed by atoms with E-state index in [-0.39, 0.29) is 5.91 Å². The number of nitrogens with zero attached hydrogens (tertiary/aromatic N) is 2. The SMILES string of the molecule is CCN(CC)Cc1ccc(CNC(=O)CCc2nc3ccccc3[nH]2)cc1. The van der Waals surface area contributed by atoms with Gasteiger partial charge in [0.15, 0.2) is 0 Å². The fourth-order valence-corrected chi connectivity index (χ4v) is 3.11. The Bertz CT molecular complexity index is 832. The molecule has 1 heterocycles. The lowest BCUT2D eigenvalue weighted by molar-refractivity contribution is -0.121. The summed E-state index contributed by atoms with van der Waals surface area (Å²) in [7, 11) is 0. The largest absolute Gasteiger partial charge is 0.352 e. The number of benzene rings is 2. The van der Waals surface area contributed by atoms with Gasteiger partial charge in [-0.3, -0.25) is 9.69 Å². The van der Waals surface area contributed by atoms with Gasteiger partial charge >= 0.3 is 0 Å². The molecule has 1 aromatic heterocycles. The smallest absolute Gasteiger partial charge is 0.220 e. The number of hydrogen-bond donors (Lipinski definition) is 2. The second-order valence-electron chi connectivity index (χ2n) is 6.76. The molecule has 5 heteroatoms. The van der Waals surface area contributed by atoms with Gasteiger partial charge in [-0.1, -0.05) is 50.2 Å². The van der Waals surface area contributed by atoms with Crippen LogP contribution in [0.1, 0.15) is 37.2 Å². The number of para-hydroxylation sites is 2. The molecule has 0 aliphatic heterocycles. The molecule has 0 unspecified atom stereocenters. The molecule has 0 radical (unpaired) electrons. The molecule has 0 bridgehead atoms. The van der Waals surface area contributed by atoms with Crippen LogP contribution in [0, 0.1) is 0 Å². The molecule has 0 saturated heterocycles. The number of amides is 1. The predicted molar refractivity (Wildman–Crippen MR) is 109 cm³/mol. The molecule has 0 aliphatic rings. The van der Waals surface area contributed by atoms with E-state index < -0.39 is 0 Å². The first-order valence-corrected chi connectivity index (χ1v) is 9.68. The third kappa shape index (κ3) is 5.41. The summed E-state index contributed by atoms with van der Waals surface area (Å²) in [5, 5.41) is 2.99. The summed E-state index contributed by atoms with van der Waals surface area (Å²) in [4.78, 5) is 22.3. The first-order valence-electron chi connectivity index (χ1n) is 9.68. The summed E-state index contributed by atoms with van der Waals surface area (Å²) < 4.78 is 0. The number of aromatic amines is 1. The average Bonchev–Trinajstić information content (AvgIpc) is 3.13. The lowest BCUT2D eigenvalue weighted by Crippen LogP contribution is -2.23. The highest BCUT2D eigenvalue weighted by molar-refractivity contribution is 5.77. The van der Waals surface area contributed by atoms with E-state index in [1.54, 1.807) is 0 Å². The Hall–Kier alpha value is -2.66. The molecule has 5 nitrogen and oxygen atoms in total. The van der Waals surface area contributed by atoms with E-state index in [9.17, 15) is 4.79 Å². The van der Waals surface area contributed by atoms with E-state index in [4.69, 9.17) is 0 Å². The van der Waals surface area contributed by atoms with Crippen LogP contribution in [0.3, 0.4) is 0 Å². The van der Waals surface area contributed by atoms with Gasteiger partial charge in [-0.05, 0) is 36.3 Å². The maximum atomic E-state index is 12.1. The number of carbonyl (C=O) groups excluding carboxylic acids is 1. The minimum Gasteiger partial charge on any atom is -0.352 e. The molecule has 0 spiro atoms. The Morgan fingerprint density at radius 1 is 1.04 bits per heavy atom. The van der Waals surface area contributed by atoms with E-state index in [1.165, 1.54) is 5.56 Å². The molecule has 0 saturated carbocycles. The highest BCUT2D eigenvalue weighted by atomic mass is 16.1. The van der Waals surface area contributed by atoms with Gasteiger partial charge in [0.25, 0.3) is 0 Å². The van der Waals surface area contributed by atoms with Gasteiger partial charge in [-0.2, -0.15) is 0 Å².